The summed E-state index contributed by atoms with van der Waals surface area (Å²) in [7, 11) is 3.14. The minimum absolute atomic E-state index is 0.00582. The van der Waals surface area contributed by atoms with E-state index in [9.17, 15) is 9.90 Å². The predicted molar refractivity (Wildman–Crippen MR) is 75.4 cm³/mol. The summed E-state index contributed by atoms with van der Waals surface area (Å²) in [6, 6.07) is 3.38. The fourth-order valence-electron chi connectivity index (χ4n) is 2.67. The van der Waals surface area contributed by atoms with Crippen molar-refractivity contribution in [2.75, 3.05) is 27.4 Å². The average molecular weight is 279 g/mol. The summed E-state index contributed by atoms with van der Waals surface area (Å²) in [5.74, 6) is 1.18. The summed E-state index contributed by atoms with van der Waals surface area (Å²) in [6.07, 6.45) is 1.78. The number of likely N-dealkylation sites (tertiary alicyclic amines) is 1. The molecule has 0 spiro atoms. The highest BCUT2D eigenvalue weighted by Gasteiger charge is 2.29. The van der Waals surface area contributed by atoms with Crippen molar-refractivity contribution in [1.29, 1.82) is 0 Å². The molecule has 1 N–H and O–H groups in total. The topological polar surface area (TPSA) is 59.0 Å². The monoisotopic (exact) mass is 279 g/mol. The zero-order valence-corrected chi connectivity index (χ0v) is 12.2. The Kier molecular flexibility index (Phi) is 4.49. The van der Waals surface area contributed by atoms with Gasteiger partial charge in [-0.1, -0.05) is 0 Å². The number of hydrogen-bond acceptors (Lipinski definition) is 4. The Morgan fingerprint density at radius 2 is 1.95 bits per heavy atom. The molecule has 20 heavy (non-hydrogen) atoms. The van der Waals surface area contributed by atoms with Gasteiger partial charge in [-0.15, -0.1) is 0 Å². The van der Waals surface area contributed by atoms with Crippen molar-refractivity contribution in [1.82, 2.24) is 4.90 Å². The van der Waals surface area contributed by atoms with Gasteiger partial charge < -0.3 is 19.5 Å². The van der Waals surface area contributed by atoms with Gasteiger partial charge in [-0.05, 0) is 31.9 Å². The Labute approximate surface area is 119 Å². The Balaban J connectivity index is 2.34. The molecule has 0 aliphatic carbocycles. The molecule has 0 radical (unpaired) electrons. The molecule has 0 bridgehead atoms. The van der Waals surface area contributed by atoms with E-state index in [1.165, 1.54) is 0 Å². The molecule has 1 amide bonds. The van der Waals surface area contributed by atoms with E-state index >= 15 is 0 Å². The van der Waals surface area contributed by atoms with Crippen LogP contribution in [-0.2, 0) is 0 Å². The van der Waals surface area contributed by atoms with Crippen LogP contribution in [0.25, 0.3) is 0 Å². The molecule has 1 aromatic rings. The first-order valence-electron chi connectivity index (χ1n) is 6.76. The van der Waals surface area contributed by atoms with Gasteiger partial charge in [-0.2, -0.15) is 0 Å². The molecule has 0 aromatic heterocycles. The van der Waals surface area contributed by atoms with Gasteiger partial charge in [0.15, 0.2) is 0 Å². The van der Waals surface area contributed by atoms with Gasteiger partial charge in [0.1, 0.15) is 11.5 Å². The third-order valence-corrected chi connectivity index (χ3v) is 3.85. The SMILES string of the molecule is COc1cc(C(=O)N2CCC[C@H]2CO)cc(OC)c1C. The second-order valence-electron chi connectivity index (χ2n) is 4.98. The zero-order valence-electron chi connectivity index (χ0n) is 12.2. The van der Waals surface area contributed by atoms with Crippen LogP contribution in [0.3, 0.4) is 0 Å². The van der Waals surface area contributed by atoms with Crippen molar-refractivity contribution in [2.24, 2.45) is 0 Å². The van der Waals surface area contributed by atoms with E-state index in [2.05, 4.69) is 0 Å². The summed E-state index contributed by atoms with van der Waals surface area (Å²) in [5, 5.41) is 9.33. The number of methoxy groups -OCH3 is 2. The third kappa shape index (κ3) is 2.58. The van der Waals surface area contributed by atoms with Crippen LogP contribution < -0.4 is 9.47 Å². The van der Waals surface area contributed by atoms with E-state index in [-0.39, 0.29) is 18.6 Å². The molecular weight excluding hydrogens is 258 g/mol. The second kappa shape index (κ2) is 6.13. The normalized spacial score (nSPS) is 18.2. The van der Waals surface area contributed by atoms with E-state index in [4.69, 9.17) is 9.47 Å². The van der Waals surface area contributed by atoms with Crippen LogP contribution in [0.2, 0.25) is 0 Å². The van der Waals surface area contributed by atoms with Crippen LogP contribution in [0.4, 0.5) is 0 Å². The lowest BCUT2D eigenvalue weighted by Gasteiger charge is -2.23. The number of rotatable bonds is 4. The summed E-state index contributed by atoms with van der Waals surface area (Å²) in [6.45, 7) is 2.58. The molecule has 1 aliphatic heterocycles. The van der Waals surface area contributed by atoms with Crippen LogP contribution in [-0.4, -0.2) is 49.3 Å². The van der Waals surface area contributed by atoms with Gasteiger partial charge in [0.25, 0.3) is 5.91 Å². The first kappa shape index (κ1) is 14.7. The smallest absolute Gasteiger partial charge is 0.254 e. The highest BCUT2D eigenvalue weighted by atomic mass is 16.5. The molecule has 1 aliphatic rings. The molecule has 5 nitrogen and oxygen atoms in total. The lowest BCUT2D eigenvalue weighted by molar-refractivity contribution is 0.0677. The summed E-state index contributed by atoms with van der Waals surface area (Å²) >= 11 is 0. The third-order valence-electron chi connectivity index (χ3n) is 3.85. The summed E-state index contributed by atoms with van der Waals surface area (Å²) in [4.78, 5) is 14.3. The van der Waals surface area contributed by atoms with Crippen molar-refractivity contribution < 1.29 is 19.4 Å². The number of aliphatic hydroxyl groups excluding tert-OH is 1. The van der Waals surface area contributed by atoms with Gasteiger partial charge in [-0.25, -0.2) is 0 Å². The number of benzene rings is 1. The van der Waals surface area contributed by atoms with Gasteiger partial charge in [0.2, 0.25) is 0 Å². The number of nitrogens with zero attached hydrogens (tertiary/aromatic N) is 1. The Bertz CT molecular complexity index is 476. The highest BCUT2D eigenvalue weighted by molar-refractivity contribution is 5.95. The van der Waals surface area contributed by atoms with E-state index in [1.54, 1.807) is 31.3 Å². The van der Waals surface area contributed by atoms with Crippen molar-refractivity contribution in [2.45, 2.75) is 25.8 Å². The zero-order chi connectivity index (χ0) is 14.7. The lowest BCUT2D eigenvalue weighted by atomic mass is 10.1. The first-order valence-corrected chi connectivity index (χ1v) is 6.76. The molecule has 1 fully saturated rings. The molecular formula is C15H21NO4. The largest absolute Gasteiger partial charge is 0.496 e. The molecule has 0 saturated carbocycles. The van der Waals surface area contributed by atoms with Crippen molar-refractivity contribution in [3.63, 3.8) is 0 Å². The minimum atomic E-state index is -0.0850. The molecule has 5 heteroatoms. The van der Waals surface area contributed by atoms with Crippen LogP contribution in [0.15, 0.2) is 12.1 Å². The number of amides is 1. The predicted octanol–water partition coefficient (Wildman–Crippen LogP) is 1.61. The maximum absolute atomic E-state index is 12.6. The number of ether oxygens (including phenoxy) is 2. The Morgan fingerprint density at radius 3 is 2.45 bits per heavy atom. The van der Waals surface area contributed by atoms with Crippen molar-refractivity contribution in [3.05, 3.63) is 23.3 Å². The maximum Gasteiger partial charge on any atom is 0.254 e. The molecule has 2 rings (SSSR count). The van der Waals surface area contributed by atoms with E-state index in [1.807, 2.05) is 6.92 Å². The van der Waals surface area contributed by atoms with Crippen LogP contribution in [0.1, 0.15) is 28.8 Å². The second-order valence-corrected chi connectivity index (χ2v) is 4.98. The molecule has 110 valence electrons. The van der Waals surface area contributed by atoms with Gasteiger partial charge in [0.05, 0.1) is 26.9 Å². The van der Waals surface area contributed by atoms with E-state index in [0.717, 1.165) is 18.4 Å². The van der Waals surface area contributed by atoms with Crippen LogP contribution >= 0.6 is 0 Å². The molecule has 1 atom stereocenters. The standard InChI is InChI=1S/C15H21NO4/c1-10-13(19-2)7-11(8-14(10)20-3)15(18)16-6-4-5-12(16)9-17/h7-8,12,17H,4-6,9H2,1-3H3/t12-/m0/s1. The lowest BCUT2D eigenvalue weighted by Crippen LogP contribution is -2.37. The first-order chi connectivity index (χ1) is 9.62. The molecule has 1 saturated heterocycles. The van der Waals surface area contributed by atoms with Crippen molar-refractivity contribution >= 4 is 5.91 Å². The molecule has 1 heterocycles. The van der Waals surface area contributed by atoms with Gasteiger partial charge in [-0.3, -0.25) is 4.79 Å². The fraction of sp³-hybridized carbons (Fsp3) is 0.533. The van der Waals surface area contributed by atoms with E-state index in [0.29, 0.717) is 23.6 Å². The average Bonchev–Trinajstić information content (AvgIpc) is 2.95. The molecule has 0 unspecified atom stereocenters. The van der Waals surface area contributed by atoms with Crippen LogP contribution in [0, 0.1) is 6.92 Å². The maximum atomic E-state index is 12.6. The number of hydrogen-bond donors (Lipinski definition) is 1. The van der Waals surface area contributed by atoms with E-state index < -0.39 is 0 Å². The fourth-order valence-corrected chi connectivity index (χ4v) is 2.67. The molecule has 1 aromatic carbocycles. The Hall–Kier alpha value is -1.75. The van der Waals surface area contributed by atoms with Gasteiger partial charge >= 0.3 is 0 Å². The minimum Gasteiger partial charge on any atom is -0.496 e. The summed E-state index contributed by atoms with van der Waals surface area (Å²) in [5.41, 5.74) is 1.40. The summed E-state index contributed by atoms with van der Waals surface area (Å²) < 4.78 is 10.6. The Morgan fingerprint density at radius 1 is 1.35 bits per heavy atom. The number of carbonyl (C=O) groups is 1. The highest BCUT2D eigenvalue weighted by Crippen LogP contribution is 2.31. The van der Waals surface area contributed by atoms with Crippen molar-refractivity contribution in [3.8, 4) is 11.5 Å². The van der Waals surface area contributed by atoms with Crippen LogP contribution in [0.5, 0.6) is 11.5 Å². The van der Waals surface area contributed by atoms with Gasteiger partial charge in [0, 0.05) is 17.7 Å². The number of aliphatic hydroxyl groups is 1. The quantitative estimate of drug-likeness (QED) is 0.909. The number of carbonyl (C=O) groups excluding carboxylic acids is 1.